The third-order valence-corrected chi connectivity index (χ3v) is 14.3. The number of esters is 2. The lowest BCUT2D eigenvalue weighted by molar-refractivity contribution is -0.139. The van der Waals surface area contributed by atoms with E-state index >= 15 is 0 Å². The second-order valence-electron chi connectivity index (χ2n) is 8.01. The van der Waals surface area contributed by atoms with Crippen LogP contribution < -0.4 is 0 Å². The molecule has 2 aliphatic rings. The summed E-state index contributed by atoms with van der Waals surface area (Å²) in [6.45, 7) is 11.6. The molecule has 2 heterocycles. The summed E-state index contributed by atoms with van der Waals surface area (Å²) in [5.41, 5.74) is 0.944. The minimum Gasteiger partial charge on any atom is -0.461 e. The van der Waals surface area contributed by atoms with Crippen molar-refractivity contribution in [1.82, 2.24) is 0 Å². The fourth-order valence-corrected chi connectivity index (χ4v) is 12.3. The molecule has 0 aromatic heterocycles. The number of hydrogen-bond donors (Lipinski definition) is 0. The van der Waals surface area contributed by atoms with E-state index in [1.165, 1.54) is 42.3 Å². The zero-order chi connectivity index (χ0) is 24.1. The smallest absolute Gasteiger partial charge is 0.333 e. The molecule has 0 bridgehead atoms. The molecule has 2 fully saturated rings. The Morgan fingerprint density at radius 3 is 1.61 bits per heavy atom. The van der Waals surface area contributed by atoms with Gasteiger partial charge in [0.15, 0.2) is 0 Å². The van der Waals surface area contributed by atoms with E-state index in [0.717, 1.165) is 11.5 Å². The van der Waals surface area contributed by atoms with E-state index in [1.54, 1.807) is 13.8 Å². The van der Waals surface area contributed by atoms with Crippen LogP contribution in [-0.2, 0) is 19.1 Å². The van der Waals surface area contributed by atoms with Crippen molar-refractivity contribution in [3.63, 3.8) is 0 Å². The van der Waals surface area contributed by atoms with E-state index in [-0.39, 0.29) is 11.9 Å². The Morgan fingerprint density at radius 1 is 0.788 bits per heavy atom. The van der Waals surface area contributed by atoms with Crippen LogP contribution >= 0.6 is 70.6 Å². The monoisotopic (exact) mass is 568 g/mol. The highest BCUT2D eigenvalue weighted by Gasteiger charge is 2.28. The summed E-state index contributed by atoms with van der Waals surface area (Å²) in [5, 5.41) is 0.831. The Morgan fingerprint density at radius 2 is 1.21 bits per heavy atom. The Hall–Kier alpha value is 0.520. The zero-order valence-corrected chi connectivity index (χ0v) is 24.5. The van der Waals surface area contributed by atoms with Gasteiger partial charge in [0.05, 0.1) is 9.16 Å². The molecular formula is C23H36O4S6. The van der Waals surface area contributed by atoms with Crippen LogP contribution in [0.1, 0.15) is 33.1 Å². The lowest BCUT2D eigenvalue weighted by atomic mass is 10.3. The van der Waals surface area contributed by atoms with Gasteiger partial charge in [-0.1, -0.05) is 19.6 Å². The fraction of sp³-hybridized carbons (Fsp3) is 0.739. The molecule has 2 saturated heterocycles. The minimum absolute atomic E-state index is 0.275. The molecule has 0 radical (unpaired) electrons. The van der Waals surface area contributed by atoms with Crippen molar-refractivity contribution in [2.24, 2.45) is 0 Å². The molecule has 4 unspecified atom stereocenters. The van der Waals surface area contributed by atoms with E-state index in [9.17, 15) is 9.59 Å². The first-order valence-electron chi connectivity index (χ1n) is 11.2. The highest BCUT2D eigenvalue weighted by atomic mass is 32.2. The lowest BCUT2D eigenvalue weighted by Crippen LogP contribution is -2.16. The van der Waals surface area contributed by atoms with E-state index in [2.05, 4.69) is 36.7 Å². The Labute approximate surface area is 225 Å². The van der Waals surface area contributed by atoms with Gasteiger partial charge >= 0.3 is 11.9 Å². The van der Waals surface area contributed by atoms with Gasteiger partial charge in [-0.25, -0.2) is 9.59 Å². The van der Waals surface area contributed by atoms with Crippen LogP contribution in [0.25, 0.3) is 0 Å². The average molecular weight is 569 g/mol. The first-order chi connectivity index (χ1) is 15.8. The maximum Gasteiger partial charge on any atom is 0.333 e. The van der Waals surface area contributed by atoms with Crippen molar-refractivity contribution in [2.45, 2.75) is 52.8 Å². The van der Waals surface area contributed by atoms with E-state index < -0.39 is 0 Å². The molecule has 10 heteroatoms. The summed E-state index contributed by atoms with van der Waals surface area (Å²) in [5.74, 6) is 6.39. The van der Waals surface area contributed by atoms with Crippen molar-refractivity contribution < 1.29 is 19.1 Å². The Balaban J connectivity index is 1.37. The molecule has 0 aromatic carbocycles. The average Bonchev–Trinajstić information content (AvgIpc) is 3.43. The van der Waals surface area contributed by atoms with Crippen LogP contribution in [0, 0.1) is 0 Å². The predicted octanol–water partition coefficient (Wildman–Crippen LogP) is 6.21. The lowest BCUT2D eigenvalue weighted by Gasteiger charge is -2.11. The maximum atomic E-state index is 11.5. The van der Waals surface area contributed by atoms with Gasteiger partial charge in [-0.15, -0.1) is 47.0 Å². The topological polar surface area (TPSA) is 52.6 Å². The normalized spacial score (nSPS) is 24.5. The molecule has 4 atom stereocenters. The van der Waals surface area contributed by atoms with E-state index in [0.29, 0.717) is 44.0 Å². The van der Waals surface area contributed by atoms with Gasteiger partial charge in [0, 0.05) is 44.7 Å². The number of carbonyl (C=O) groups excluding carboxylic acids is 2. The third-order valence-electron chi connectivity index (χ3n) is 4.71. The van der Waals surface area contributed by atoms with Crippen LogP contribution in [0.3, 0.4) is 0 Å². The quantitative estimate of drug-likeness (QED) is 0.122. The first-order valence-corrected chi connectivity index (χ1v) is 17.5. The molecule has 33 heavy (non-hydrogen) atoms. The molecule has 0 aromatic rings. The molecule has 188 valence electrons. The van der Waals surface area contributed by atoms with Crippen LogP contribution in [0.15, 0.2) is 24.3 Å². The van der Waals surface area contributed by atoms with E-state index in [1.807, 2.05) is 47.0 Å². The largest absolute Gasteiger partial charge is 0.461 e. The molecule has 0 spiro atoms. The molecule has 4 nitrogen and oxygen atoms in total. The Bertz CT molecular complexity index is 605. The highest BCUT2D eigenvalue weighted by molar-refractivity contribution is 8.22. The SMILES string of the molecule is C=C(C)C(=O)OCC1CSC(CSCCCCCSCC2SCC(COC(=O)C(=C)C)S2)S1. The van der Waals surface area contributed by atoms with Gasteiger partial charge in [-0.2, -0.15) is 23.5 Å². The second-order valence-corrected chi connectivity index (χ2v) is 16.4. The van der Waals surface area contributed by atoms with Crippen LogP contribution in [-0.4, -0.2) is 79.3 Å². The van der Waals surface area contributed by atoms with Gasteiger partial charge in [0.2, 0.25) is 0 Å². The third kappa shape index (κ3) is 12.9. The molecule has 2 aliphatic heterocycles. The number of thioether (sulfide) groups is 6. The maximum absolute atomic E-state index is 11.5. The molecule has 0 N–H and O–H groups in total. The van der Waals surface area contributed by atoms with Crippen molar-refractivity contribution in [1.29, 1.82) is 0 Å². The van der Waals surface area contributed by atoms with Crippen molar-refractivity contribution in [3.05, 3.63) is 24.3 Å². The summed E-state index contributed by atoms with van der Waals surface area (Å²) < 4.78 is 11.8. The molecule has 0 saturated carbocycles. The summed E-state index contributed by atoms with van der Waals surface area (Å²) in [7, 11) is 0. The van der Waals surface area contributed by atoms with Crippen LogP contribution in [0.4, 0.5) is 0 Å². The number of hydrogen-bond acceptors (Lipinski definition) is 10. The summed E-state index contributed by atoms with van der Waals surface area (Å²) in [6.07, 6.45) is 3.88. The number of ether oxygens (including phenoxy) is 2. The fourth-order valence-electron chi connectivity index (χ4n) is 2.89. The summed E-state index contributed by atoms with van der Waals surface area (Å²) in [6, 6.07) is 0. The predicted molar refractivity (Wildman–Crippen MR) is 155 cm³/mol. The van der Waals surface area contributed by atoms with Crippen molar-refractivity contribution >= 4 is 82.5 Å². The van der Waals surface area contributed by atoms with Gasteiger partial charge in [-0.3, -0.25) is 0 Å². The van der Waals surface area contributed by atoms with Gasteiger partial charge in [0.1, 0.15) is 13.2 Å². The zero-order valence-electron chi connectivity index (χ0n) is 19.6. The van der Waals surface area contributed by atoms with Crippen LogP contribution in [0.2, 0.25) is 0 Å². The second kappa shape index (κ2) is 17.1. The standard InChI is InChI=1S/C23H36O4S6/c1-16(2)22(24)26-10-18-12-30-20(32-18)14-28-8-6-5-7-9-29-15-21-31-13-19(33-21)11-27-23(25)17(3)4/h18-21H,1,3,5-15H2,2,4H3. The Kier molecular flexibility index (Phi) is 15.4. The summed E-state index contributed by atoms with van der Waals surface area (Å²) in [4.78, 5) is 23.0. The molecule has 0 amide bonds. The summed E-state index contributed by atoms with van der Waals surface area (Å²) >= 11 is 12.0. The molecule has 2 rings (SSSR count). The van der Waals surface area contributed by atoms with E-state index in [4.69, 9.17) is 9.47 Å². The number of rotatable bonds is 16. The van der Waals surface area contributed by atoms with Crippen molar-refractivity contribution in [3.8, 4) is 0 Å². The van der Waals surface area contributed by atoms with Gasteiger partial charge in [0.25, 0.3) is 0 Å². The van der Waals surface area contributed by atoms with Gasteiger partial charge < -0.3 is 9.47 Å². The molecule has 0 aliphatic carbocycles. The van der Waals surface area contributed by atoms with Crippen molar-refractivity contribution in [2.75, 3.05) is 47.7 Å². The number of carbonyl (C=O) groups is 2. The highest BCUT2D eigenvalue weighted by Crippen LogP contribution is 2.40. The molecular weight excluding hydrogens is 533 g/mol. The number of unbranched alkanes of at least 4 members (excludes halogenated alkanes) is 2. The minimum atomic E-state index is -0.275. The van der Waals surface area contributed by atoms with Gasteiger partial charge in [-0.05, 0) is 38.2 Å². The first kappa shape index (κ1) is 29.7. The van der Waals surface area contributed by atoms with Crippen LogP contribution in [0.5, 0.6) is 0 Å².